The molecule has 2 radical (unpaired) electrons. The first kappa shape index (κ1) is 7.53. The Bertz CT molecular complexity index is 228. The molecular formula is C5H2BBrIN. The third kappa shape index (κ3) is 1.93. The standard InChI is InChI=1S/C5H2BBrIN/c6-3-2-9-5(7)1-4(3)8/h1-2H. The fourth-order valence-electron chi connectivity index (χ4n) is 0.418. The van der Waals surface area contributed by atoms with Gasteiger partial charge in [0.15, 0.2) is 0 Å². The number of pyridine rings is 1. The third-order valence-corrected chi connectivity index (χ3v) is 2.22. The summed E-state index contributed by atoms with van der Waals surface area (Å²) in [4.78, 5) is 3.93. The van der Waals surface area contributed by atoms with Crippen LogP contribution in [0.1, 0.15) is 0 Å². The van der Waals surface area contributed by atoms with Crippen molar-refractivity contribution in [3.05, 3.63) is 20.4 Å². The monoisotopic (exact) mass is 293 g/mol. The van der Waals surface area contributed by atoms with E-state index < -0.39 is 0 Å². The lowest BCUT2D eigenvalue weighted by atomic mass is 9.99. The summed E-state index contributed by atoms with van der Waals surface area (Å²) in [6, 6.07) is 1.87. The van der Waals surface area contributed by atoms with Crippen molar-refractivity contribution >= 4 is 51.8 Å². The summed E-state index contributed by atoms with van der Waals surface area (Å²) in [6.45, 7) is 0. The first-order chi connectivity index (χ1) is 4.20. The van der Waals surface area contributed by atoms with Crippen molar-refractivity contribution in [2.24, 2.45) is 0 Å². The maximum absolute atomic E-state index is 5.50. The zero-order chi connectivity index (χ0) is 6.85. The van der Waals surface area contributed by atoms with Crippen LogP contribution in [0.15, 0.2) is 16.9 Å². The fraction of sp³-hybridized carbons (Fsp3) is 0. The Labute approximate surface area is 76.9 Å². The highest BCUT2D eigenvalue weighted by molar-refractivity contribution is 14.1. The van der Waals surface area contributed by atoms with Gasteiger partial charge in [-0.2, -0.15) is 0 Å². The molecule has 1 heterocycles. The largest absolute Gasteiger partial charge is 0.250 e. The van der Waals surface area contributed by atoms with Gasteiger partial charge in [0.1, 0.15) is 12.4 Å². The van der Waals surface area contributed by atoms with E-state index in [0.717, 1.165) is 13.6 Å². The Balaban J connectivity index is 3.17. The lowest BCUT2D eigenvalue weighted by Crippen LogP contribution is -2.07. The predicted octanol–water partition coefficient (Wildman–Crippen LogP) is 1.24. The van der Waals surface area contributed by atoms with Crippen LogP contribution in [-0.2, 0) is 0 Å². The Morgan fingerprint density at radius 3 is 2.78 bits per heavy atom. The van der Waals surface area contributed by atoms with Gasteiger partial charge in [0, 0.05) is 9.77 Å². The molecule has 4 heteroatoms. The fourth-order valence-corrected chi connectivity index (χ4v) is 1.61. The summed E-state index contributed by atoms with van der Waals surface area (Å²) < 4.78 is 1.84. The predicted molar refractivity (Wildman–Crippen MR) is 50.0 cm³/mol. The number of halogens is 2. The van der Waals surface area contributed by atoms with Crippen molar-refractivity contribution in [2.45, 2.75) is 0 Å². The molecule has 0 atom stereocenters. The minimum Gasteiger partial charge on any atom is -0.250 e. The maximum atomic E-state index is 5.50. The van der Waals surface area contributed by atoms with Gasteiger partial charge < -0.3 is 0 Å². The van der Waals surface area contributed by atoms with Crippen molar-refractivity contribution in [3.8, 4) is 0 Å². The summed E-state index contributed by atoms with van der Waals surface area (Å²) in [5, 5.41) is 0. The molecule has 0 aliphatic heterocycles. The van der Waals surface area contributed by atoms with E-state index in [-0.39, 0.29) is 0 Å². The molecule has 1 aromatic heterocycles. The number of hydrogen-bond donors (Lipinski definition) is 0. The maximum Gasteiger partial charge on any atom is 0.117 e. The summed E-state index contributed by atoms with van der Waals surface area (Å²) in [5.41, 5.74) is 0.721. The quantitative estimate of drug-likeness (QED) is 0.398. The third-order valence-electron chi connectivity index (χ3n) is 0.849. The van der Waals surface area contributed by atoms with Crippen LogP contribution in [0.4, 0.5) is 0 Å². The molecular weight excluding hydrogens is 292 g/mol. The number of nitrogens with zero attached hydrogens (tertiary/aromatic N) is 1. The lowest BCUT2D eigenvalue weighted by Gasteiger charge is -1.95. The van der Waals surface area contributed by atoms with E-state index in [1.54, 1.807) is 6.20 Å². The molecule has 0 amide bonds. The molecule has 0 fully saturated rings. The number of rotatable bonds is 0. The Hall–Kier alpha value is 0.425. The second-order valence-corrected chi connectivity index (χ2v) is 3.50. The Morgan fingerprint density at radius 2 is 2.33 bits per heavy atom. The van der Waals surface area contributed by atoms with Gasteiger partial charge in [-0.05, 0) is 44.6 Å². The summed E-state index contributed by atoms with van der Waals surface area (Å²) >= 11 is 5.38. The summed E-state index contributed by atoms with van der Waals surface area (Å²) in [6.07, 6.45) is 1.63. The molecule has 9 heavy (non-hydrogen) atoms. The molecule has 0 saturated heterocycles. The first-order valence-electron chi connectivity index (χ1n) is 2.26. The van der Waals surface area contributed by atoms with Crippen molar-refractivity contribution in [2.75, 3.05) is 0 Å². The molecule has 0 spiro atoms. The van der Waals surface area contributed by atoms with Gasteiger partial charge in [0.2, 0.25) is 0 Å². The highest BCUT2D eigenvalue weighted by Gasteiger charge is 1.92. The second kappa shape index (κ2) is 3.01. The minimum absolute atomic E-state index is 0.721. The molecule has 0 unspecified atom stereocenters. The van der Waals surface area contributed by atoms with Gasteiger partial charge in [-0.25, -0.2) is 4.98 Å². The van der Waals surface area contributed by atoms with Crippen LogP contribution in [0.25, 0.3) is 0 Å². The molecule has 1 aromatic rings. The summed E-state index contributed by atoms with van der Waals surface area (Å²) in [7, 11) is 5.50. The highest BCUT2D eigenvalue weighted by atomic mass is 127. The molecule has 0 aliphatic rings. The average molecular weight is 294 g/mol. The molecule has 1 nitrogen and oxygen atoms in total. The lowest BCUT2D eigenvalue weighted by molar-refractivity contribution is 1.28. The van der Waals surface area contributed by atoms with Gasteiger partial charge in [0.25, 0.3) is 0 Å². The molecule has 44 valence electrons. The average Bonchev–Trinajstić information content (AvgIpc) is 1.80. The molecule has 0 bridgehead atoms. The molecule has 0 aromatic carbocycles. The van der Waals surface area contributed by atoms with E-state index in [2.05, 4.69) is 43.5 Å². The summed E-state index contributed by atoms with van der Waals surface area (Å²) in [5.74, 6) is 0. The van der Waals surface area contributed by atoms with Crippen molar-refractivity contribution in [1.29, 1.82) is 0 Å². The molecule has 1 rings (SSSR count). The van der Waals surface area contributed by atoms with E-state index in [1.807, 2.05) is 6.07 Å². The van der Waals surface area contributed by atoms with Gasteiger partial charge in [-0.1, -0.05) is 5.46 Å². The van der Waals surface area contributed by atoms with Crippen LogP contribution in [0, 0.1) is 3.57 Å². The van der Waals surface area contributed by atoms with E-state index in [0.29, 0.717) is 0 Å². The Morgan fingerprint density at radius 1 is 1.67 bits per heavy atom. The zero-order valence-corrected chi connectivity index (χ0v) is 8.18. The van der Waals surface area contributed by atoms with E-state index >= 15 is 0 Å². The first-order valence-corrected chi connectivity index (χ1v) is 4.14. The molecule has 0 saturated carbocycles. The van der Waals surface area contributed by atoms with Crippen LogP contribution in [0.5, 0.6) is 0 Å². The van der Waals surface area contributed by atoms with Crippen LogP contribution in [0.2, 0.25) is 0 Å². The second-order valence-electron chi connectivity index (χ2n) is 1.53. The topological polar surface area (TPSA) is 12.9 Å². The van der Waals surface area contributed by atoms with E-state index in [1.165, 1.54) is 0 Å². The van der Waals surface area contributed by atoms with E-state index in [4.69, 9.17) is 7.85 Å². The Kier molecular flexibility index (Phi) is 2.52. The van der Waals surface area contributed by atoms with Crippen LogP contribution in [-0.4, -0.2) is 12.8 Å². The SMILES string of the molecule is [B]c1cnc(Br)cc1I. The van der Waals surface area contributed by atoms with Crippen LogP contribution in [0.3, 0.4) is 0 Å². The highest BCUT2D eigenvalue weighted by Crippen LogP contribution is 2.07. The molecule has 0 aliphatic carbocycles. The zero-order valence-electron chi connectivity index (χ0n) is 4.44. The smallest absolute Gasteiger partial charge is 0.117 e. The normalized spacial score (nSPS) is 9.56. The van der Waals surface area contributed by atoms with Crippen molar-refractivity contribution in [3.63, 3.8) is 0 Å². The van der Waals surface area contributed by atoms with Gasteiger partial charge in [-0.15, -0.1) is 0 Å². The van der Waals surface area contributed by atoms with Crippen LogP contribution >= 0.6 is 38.5 Å². The van der Waals surface area contributed by atoms with Gasteiger partial charge in [0.05, 0.1) is 0 Å². The number of hydrogen-bond acceptors (Lipinski definition) is 1. The minimum atomic E-state index is 0.721. The van der Waals surface area contributed by atoms with Gasteiger partial charge >= 0.3 is 0 Å². The van der Waals surface area contributed by atoms with E-state index in [9.17, 15) is 0 Å². The van der Waals surface area contributed by atoms with Crippen LogP contribution < -0.4 is 5.46 Å². The van der Waals surface area contributed by atoms with Crippen molar-refractivity contribution < 1.29 is 0 Å². The van der Waals surface area contributed by atoms with Crippen molar-refractivity contribution in [1.82, 2.24) is 4.98 Å². The molecule has 0 N–H and O–H groups in total. The number of aromatic nitrogens is 1. The van der Waals surface area contributed by atoms with Gasteiger partial charge in [-0.3, -0.25) is 0 Å².